The van der Waals surface area contributed by atoms with Crippen LogP contribution in [0.5, 0.6) is 5.75 Å². The molecule has 0 bridgehead atoms. The van der Waals surface area contributed by atoms with Crippen LogP contribution in [0.1, 0.15) is 44.6 Å². The van der Waals surface area contributed by atoms with E-state index in [1.54, 1.807) is 13.2 Å². The quantitative estimate of drug-likeness (QED) is 0.893. The number of benzene rings is 1. The molecule has 0 aliphatic heterocycles. The molecule has 3 heteroatoms. The fraction of sp³-hybridized carbons (Fsp3) is 0.600. The van der Waals surface area contributed by atoms with Crippen molar-refractivity contribution in [3.05, 3.63) is 28.8 Å². The maximum absolute atomic E-state index is 10.9. The van der Waals surface area contributed by atoms with Gasteiger partial charge in [-0.05, 0) is 43.4 Å². The highest BCUT2D eigenvalue weighted by atomic mass is 35.5. The fourth-order valence-corrected chi connectivity index (χ4v) is 3.17. The molecule has 1 aliphatic carbocycles. The van der Waals surface area contributed by atoms with Gasteiger partial charge in [0.2, 0.25) is 0 Å². The molecule has 2 nitrogen and oxygen atoms in total. The molecule has 1 saturated carbocycles. The zero-order valence-electron chi connectivity index (χ0n) is 11.1. The van der Waals surface area contributed by atoms with E-state index in [0.717, 1.165) is 37.0 Å². The van der Waals surface area contributed by atoms with Crippen molar-refractivity contribution in [2.75, 3.05) is 7.11 Å². The zero-order valence-corrected chi connectivity index (χ0v) is 11.8. The van der Waals surface area contributed by atoms with Gasteiger partial charge in [-0.2, -0.15) is 0 Å². The van der Waals surface area contributed by atoms with Gasteiger partial charge in [-0.3, -0.25) is 0 Å². The first kappa shape index (κ1) is 13.7. The number of hydrogen-bond acceptors (Lipinski definition) is 2. The molecular weight excluding hydrogens is 248 g/mol. The minimum Gasteiger partial charge on any atom is -0.496 e. The lowest BCUT2D eigenvalue weighted by molar-refractivity contribution is -0.0233. The van der Waals surface area contributed by atoms with E-state index in [0.29, 0.717) is 10.9 Å². The molecule has 1 aromatic carbocycles. The molecule has 1 fully saturated rings. The van der Waals surface area contributed by atoms with Crippen molar-refractivity contribution in [2.45, 2.75) is 44.6 Å². The summed E-state index contributed by atoms with van der Waals surface area (Å²) in [6.45, 7) is 2.19. The number of aliphatic hydroxyl groups is 1. The van der Waals surface area contributed by atoms with E-state index in [-0.39, 0.29) is 0 Å². The lowest BCUT2D eigenvalue weighted by Gasteiger charge is -2.37. The summed E-state index contributed by atoms with van der Waals surface area (Å²) in [7, 11) is 1.64. The molecule has 0 heterocycles. The largest absolute Gasteiger partial charge is 0.496 e. The first-order valence-electron chi connectivity index (χ1n) is 6.65. The van der Waals surface area contributed by atoms with Gasteiger partial charge in [0.15, 0.2) is 0 Å². The summed E-state index contributed by atoms with van der Waals surface area (Å²) in [5.41, 5.74) is 0.0606. The van der Waals surface area contributed by atoms with Crippen LogP contribution in [0, 0.1) is 5.92 Å². The van der Waals surface area contributed by atoms with Crippen LogP contribution < -0.4 is 4.74 Å². The summed E-state index contributed by atoms with van der Waals surface area (Å²) >= 11 is 6.06. The van der Waals surface area contributed by atoms with Crippen LogP contribution >= 0.6 is 11.6 Å². The summed E-state index contributed by atoms with van der Waals surface area (Å²) in [6.07, 6.45) is 4.98. The van der Waals surface area contributed by atoms with Crippen molar-refractivity contribution in [2.24, 2.45) is 5.92 Å². The van der Waals surface area contributed by atoms with Crippen molar-refractivity contribution in [1.82, 2.24) is 0 Å². The van der Waals surface area contributed by atoms with Gasteiger partial charge in [-0.1, -0.05) is 31.4 Å². The van der Waals surface area contributed by atoms with E-state index in [1.807, 2.05) is 12.1 Å². The Kier molecular flexibility index (Phi) is 4.18. The maximum atomic E-state index is 10.9. The Bertz CT molecular complexity index is 419. The van der Waals surface area contributed by atoms with E-state index in [1.165, 1.54) is 6.42 Å². The molecule has 0 saturated heterocycles. The summed E-state index contributed by atoms with van der Waals surface area (Å²) < 4.78 is 5.37. The standard InChI is InChI=1S/C15H21ClO2/c1-3-11-5-4-8-15(17,10-11)13-9-12(16)6-7-14(13)18-2/h6-7,9,11,17H,3-5,8,10H2,1-2H3. The van der Waals surface area contributed by atoms with Gasteiger partial charge in [-0.15, -0.1) is 0 Å². The summed E-state index contributed by atoms with van der Waals surface area (Å²) in [5, 5.41) is 11.6. The van der Waals surface area contributed by atoms with Crippen LogP contribution in [-0.4, -0.2) is 12.2 Å². The van der Waals surface area contributed by atoms with Gasteiger partial charge in [0.25, 0.3) is 0 Å². The first-order valence-corrected chi connectivity index (χ1v) is 7.03. The molecule has 0 radical (unpaired) electrons. The van der Waals surface area contributed by atoms with E-state index < -0.39 is 5.60 Å². The smallest absolute Gasteiger partial charge is 0.125 e. The van der Waals surface area contributed by atoms with Crippen LogP contribution in [0.15, 0.2) is 18.2 Å². The molecule has 2 atom stereocenters. The van der Waals surface area contributed by atoms with E-state index >= 15 is 0 Å². The van der Waals surface area contributed by atoms with Gasteiger partial charge >= 0.3 is 0 Å². The highest BCUT2D eigenvalue weighted by Crippen LogP contribution is 2.44. The SMILES string of the molecule is CCC1CCCC(O)(c2cc(Cl)ccc2OC)C1. The molecule has 2 unspecified atom stereocenters. The Hall–Kier alpha value is -0.730. The lowest BCUT2D eigenvalue weighted by Crippen LogP contribution is -2.33. The van der Waals surface area contributed by atoms with Gasteiger partial charge < -0.3 is 9.84 Å². The Morgan fingerprint density at radius 2 is 2.28 bits per heavy atom. The zero-order chi connectivity index (χ0) is 13.2. The fourth-order valence-electron chi connectivity index (χ4n) is 3.00. The minimum absolute atomic E-state index is 0.590. The molecule has 1 aliphatic rings. The van der Waals surface area contributed by atoms with E-state index in [4.69, 9.17) is 16.3 Å². The molecular formula is C15H21ClO2. The Labute approximate surface area is 114 Å². The van der Waals surface area contributed by atoms with Crippen molar-refractivity contribution >= 4 is 11.6 Å². The Balaban J connectivity index is 2.36. The number of methoxy groups -OCH3 is 1. The lowest BCUT2D eigenvalue weighted by atomic mass is 9.73. The second-order valence-electron chi connectivity index (χ2n) is 5.25. The number of ether oxygens (including phenoxy) is 1. The number of halogens is 1. The van der Waals surface area contributed by atoms with Crippen molar-refractivity contribution in [1.29, 1.82) is 0 Å². The Morgan fingerprint density at radius 3 is 2.94 bits per heavy atom. The molecule has 100 valence electrons. The van der Waals surface area contributed by atoms with Gasteiger partial charge in [0, 0.05) is 10.6 Å². The maximum Gasteiger partial charge on any atom is 0.125 e. The average Bonchev–Trinajstić information content (AvgIpc) is 2.38. The minimum atomic E-state index is -0.783. The highest BCUT2D eigenvalue weighted by molar-refractivity contribution is 6.30. The van der Waals surface area contributed by atoms with E-state index in [9.17, 15) is 5.11 Å². The van der Waals surface area contributed by atoms with Crippen LogP contribution in [0.2, 0.25) is 5.02 Å². The molecule has 1 aromatic rings. The second-order valence-corrected chi connectivity index (χ2v) is 5.68. The number of rotatable bonds is 3. The molecule has 0 amide bonds. The molecule has 18 heavy (non-hydrogen) atoms. The summed E-state index contributed by atoms with van der Waals surface area (Å²) in [6, 6.07) is 5.48. The van der Waals surface area contributed by atoms with Crippen molar-refractivity contribution in [3.8, 4) is 5.75 Å². The highest BCUT2D eigenvalue weighted by Gasteiger charge is 2.37. The molecule has 0 spiro atoms. The van der Waals surface area contributed by atoms with Crippen molar-refractivity contribution < 1.29 is 9.84 Å². The van der Waals surface area contributed by atoms with Crippen LogP contribution in [0.3, 0.4) is 0 Å². The van der Waals surface area contributed by atoms with Gasteiger partial charge in [0.1, 0.15) is 5.75 Å². The summed E-state index contributed by atoms with van der Waals surface area (Å²) in [4.78, 5) is 0. The normalized spacial score (nSPS) is 28.1. The molecule has 2 rings (SSSR count). The van der Waals surface area contributed by atoms with Crippen LogP contribution in [0.4, 0.5) is 0 Å². The van der Waals surface area contributed by atoms with Gasteiger partial charge in [0.05, 0.1) is 12.7 Å². The van der Waals surface area contributed by atoms with E-state index in [2.05, 4.69) is 6.92 Å². The van der Waals surface area contributed by atoms with Gasteiger partial charge in [-0.25, -0.2) is 0 Å². The third kappa shape index (κ3) is 2.65. The predicted molar refractivity (Wildman–Crippen MR) is 74.1 cm³/mol. The van der Waals surface area contributed by atoms with Crippen LogP contribution in [-0.2, 0) is 5.60 Å². The Morgan fingerprint density at radius 1 is 1.50 bits per heavy atom. The predicted octanol–water partition coefficient (Wildman–Crippen LogP) is 4.14. The summed E-state index contributed by atoms with van der Waals surface area (Å²) in [5.74, 6) is 1.33. The average molecular weight is 269 g/mol. The van der Waals surface area contributed by atoms with Crippen molar-refractivity contribution in [3.63, 3.8) is 0 Å². The second kappa shape index (κ2) is 5.50. The van der Waals surface area contributed by atoms with Crippen LogP contribution in [0.25, 0.3) is 0 Å². The topological polar surface area (TPSA) is 29.5 Å². The third-order valence-electron chi connectivity index (χ3n) is 4.07. The third-order valence-corrected chi connectivity index (χ3v) is 4.30. The first-order chi connectivity index (χ1) is 8.59. The molecule has 1 N–H and O–H groups in total. The number of hydrogen-bond donors (Lipinski definition) is 1. The molecule has 0 aromatic heterocycles. The monoisotopic (exact) mass is 268 g/mol.